The Bertz CT molecular complexity index is 79.8. The van der Waals surface area contributed by atoms with Crippen LogP contribution in [-0.4, -0.2) is 0 Å². The van der Waals surface area contributed by atoms with Crippen molar-refractivity contribution >= 4 is 0 Å². The molecule has 1 aliphatic rings. The summed E-state index contributed by atoms with van der Waals surface area (Å²) in [7, 11) is 0. The van der Waals surface area contributed by atoms with E-state index >= 15 is 0 Å². The van der Waals surface area contributed by atoms with Crippen LogP contribution >= 0.6 is 0 Å². The first kappa shape index (κ1) is 13.3. The molecule has 0 amide bonds. The molecule has 0 N–H and O–H groups in total. The molecule has 10 heavy (non-hydrogen) atoms. The van der Waals surface area contributed by atoms with Gasteiger partial charge in [-0.25, -0.2) is 0 Å². The summed E-state index contributed by atoms with van der Waals surface area (Å²) in [6, 6.07) is 0. The quantitative estimate of drug-likeness (QED) is 0.476. The van der Waals surface area contributed by atoms with Crippen molar-refractivity contribution in [1.29, 1.82) is 0 Å². The van der Waals surface area contributed by atoms with Crippen LogP contribution in [-0.2, 0) is 39.0 Å². The van der Waals surface area contributed by atoms with Crippen LogP contribution in [0, 0.1) is 0 Å². The summed E-state index contributed by atoms with van der Waals surface area (Å²) >= 11 is 0. The van der Waals surface area contributed by atoms with Crippen LogP contribution in [0.25, 0.3) is 0 Å². The predicted molar refractivity (Wildman–Crippen MR) is 36.7 cm³/mol. The molecule has 1 aliphatic carbocycles. The average Bonchev–Trinajstić information content (AvgIpc) is 1.62. The smallest absolute Gasteiger partial charge is 0 e. The Kier molecular flexibility index (Phi) is 13.0. The minimum atomic E-state index is 0. The number of hydrogen-bond acceptors (Lipinski definition) is 0. The Labute approximate surface area is 88.7 Å². The minimum absolute atomic E-state index is 0. The molecule has 0 spiro atoms. The first-order valence-electron chi connectivity index (χ1n) is 3.30. The molecule has 0 fully saturated rings. The fourth-order valence-electron chi connectivity index (χ4n) is 0.856. The monoisotopic (exact) mass is 314 g/mol. The summed E-state index contributed by atoms with van der Waals surface area (Å²) < 4.78 is 0. The zero-order chi connectivity index (χ0) is 5.66. The van der Waals surface area contributed by atoms with E-state index in [0.29, 0.717) is 0 Å². The van der Waals surface area contributed by atoms with Gasteiger partial charge in [0.15, 0.2) is 0 Å². The Morgan fingerprint density at radius 3 is 0.900 bits per heavy atom. The Morgan fingerprint density at radius 2 is 0.700 bits per heavy atom. The van der Waals surface area contributed by atoms with Crippen molar-refractivity contribution in [2.45, 2.75) is 25.7 Å². The molecule has 0 aromatic rings. The third kappa shape index (κ3) is 6.84. The van der Waals surface area contributed by atoms with Gasteiger partial charge in [-0.2, -0.15) is 0 Å². The van der Waals surface area contributed by atoms with Crippen molar-refractivity contribution in [2.75, 3.05) is 0 Å². The fraction of sp³-hybridized carbons (Fsp3) is 0.500. The summed E-state index contributed by atoms with van der Waals surface area (Å²) in [5.74, 6) is 0. The maximum atomic E-state index is 2.27. The van der Waals surface area contributed by atoms with Gasteiger partial charge in [0, 0.05) is 39.0 Å². The summed E-state index contributed by atoms with van der Waals surface area (Å²) in [4.78, 5) is 0. The first-order valence-corrected chi connectivity index (χ1v) is 3.30. The van der Waals surface area contributed by atoms with Crippen LogP contribution in [0.4, 0.5) is 0 Å². The topological polar surface area (TPSA) is 0 Å². The van der Waals surface area contributed by atoms with E-state index in [2.05, 4.69) is 24.3 Å². The van der Waals surface area contributed by atoms with Crippen molar-refractivity contribution in [3.8, 4) is 0 Å². The summed E-state index contributed by atoms with van der Waals surface area (Å²) in [5.41, 5.74) is 0. The van der Waals surface area contributed by atoms with Crippen molar-refractivity contribution in [1.82, 2.24) is 0 Å². The van der Waals surface area contributed by atoms with E-state index in [9.17, 15) is 0 Å². The van der Waals surface area contributed by atoms with E-state index in [1.807, 2.05) is 0 Å². The standard InChI is InChI=1S/C8H12.2Rh/c1-2-4-6-8-7-5-3-1;;/h1-2,7-8H,3-6H2;;. The molecular weight excluding hydrogens is 302 g/mol. The molecule has 0 nitrogen and oxygen atoms in total. The van der Waals surface area contributed by atoms with Gasteiger partial charge in [-0.15, -0.1) is 0 Å². The zero-order valence-corrected chi connectivity index (χ0v) is 9.08. The van der Waals surface area contributed by atoms with Crippen molar-refractivity contribution in [2.24, 2.45) is 0 Å². The molecule has 0 aliphatic heterocycles. The van der Waals surface area contributed by atoms with Gasteiger partial charge in [0.1, 0.15) is 0 Å². The molecular formula is C8H12Rh2. The van der Waals surface area contributed by atoms with Gasteiger partial charge in [-0.05, 0) is 25.7 Å². The molecule has 2 radical (unpaired) electrons. The van der Waals surface area contributed by atoms with Gasteiger partial charge >= 0.3 is 0 Å². The van der Waals surface area contributed by atoms with E-state index in [-0.39, 0.29) is 39.0 Å². The number of hydrogen-bond donors (Lipinski definition) is 0. The molecule has 1 rings (SSSR count). The van der Waals surface area contributed by atoms with E-state index in [1.54, 1.807) is 0 Å². The van der Waals surface area contributed by atoms with Gasteiger partial charge in [0.25, 0.3) is 0 Å². The van der Waals surface area contributed by atoms with Crippen LogP contribution in [0.5, 0.6) is 0 Å². The van der Waals surface area contributed by atoms with Gasteiger partial charge in [0.05, 0.1) is 0 Å². The van der Waals surface area contributed by atoms with Gasteiger partial charge in [-0.1, -0.05) is 24.3 Å². The predicted octanol–water partition coefficient (Wildman–Crippen LogP) is 2.67. The van der Waals surface area contributed by atoms with Crippen LogP contribution in [0.1, 0.15) is 25.7 Å². The first-order chi connectivity index (χ1) is 4.00. The second-order valence-electron chi connectivity index (χ2n) is 2.10. The van der Waals surface area contributed by atoms with E-state index in [0.717, 1.165) is 0 Å². The normalized spacial score (nSPS) is 16.0. The maximum Gasteiger partial charge on any atom is 0 e. The van der Waals surface area contributed by atoms with Crippen molar-refractivity contribution < 1.29 is 39.0 Å². The van der Waals surface area contributed by atoms with Crippen LogP contribution < -0.4 is 0 Å². The minimum Gasteiger partial charge on any atom is -0.0882 e. The van der Waals surface area contributed by atoms with Crippen LogP contribution in [0.3, 0.4) is 0 Å². The van der Waals surface area contributed by atoms with E-state index in [4.69, 9.17) is 0 Å². The summed E-state index contributed by atoms with van der Waals surface area (Å²) in [6.07, 6.45) is 14.0. The Balaban J connectivity index is 0. The zero-order valence-electron chi connectivity index (χ0n) is 5.80. The number of allylic oxidation sites excluding steroid dienone is 4. The molecule has 2 heteroatoms. The van der Waals surface area contributed by atoms with Crippen LogP contribution in [0.15, 0.2) is 24.3 Å². The SMILES string of the molecule is C1=CCCC=CCC1.[Rh].[Rh]. The fourth-order valence-corrected chi connectivity index (χ4v) is 0.856. The second-order valence-corrected chi connectivity index (χ2v) is 2.10. The maximum absolute atomic E-state index is 2.27. The van der Waals surface area contributed by atoms with Gasteiger partial charge < -0.3 is 0 Å². The Morgan fingerprint density at radius 1 is 0.500 bits per heavy atom. The molecule has 0 aromatic carbocycles. The summed E-state index contributed by atoms with van der Waals surface area (Å²) in [5, 5.41) is 0. The molecule has 0 atom stereocenters. The second kappa shape index (κ2) is 9.73. The van der Waals surface area contributed by atoms with Crippen molar-refractivity contribution in [3.05, 3.63) is 24.3 Å². The molecule has 62 valence electrons. The van der Waals surface area contributed by atoms with Crippen LogP contribution in [0.2, 0.25) is 0 Å². The summed E-state index contributed by atoms with van der Waals surface area (Å²) in [6.45, 7) is 0. The third-order valence-corrected chi connectivity index (χ3v) is 1.33. The molecule has 0 unspecified atom stereocenters. The molecule has 0 aromatic heterocycles. The van der Waals surface area contributed by atoms with E-state index < -0.39 is 0 Å². The number of rotatable bonds is 0. The van der Waals surface area contributed by atoms with Gasteiger partial charge in [-0.3, -0.25) is 0 Å². The molecule has 0 heterocycles. The van der Waals surface area contributed by atoms with Crippen molar-refractivity contribution in [3.63, 3.8) is 0 Å². The molecule has 0 bridgehead atoms. The largest absolute Gasteiger partial charge is 0.0882 e. The Hall–Kier alpha value is 0.727. The molecule has 0 saturated heterocycles. The third-order valence-electron chi connectivity index (χ3n) is 1.33. The van der Waals surface area contributed by atoms with Gasteiger partial charge in [0.2, 0.25) is 0 Å². The van der Waals surface area contributed by atoms with E-state index in [1.165, 1.54) is 25.7 Å². The molecule has 0 saturated carbocycles. The average molecular weight is 314 g/mol.